The van der Waals surface area contributed by atoms with Crippen LogP contribution < -0.4 is 5.73 Å². The zero-order valence-corrected chi connectivity index (χ0v) is 12.3. The number of nitrogens with zero attached hydrogens (tertiary/aromatic N) is 4. The second kappa shape index (κ2) is 5.22. The van der Waals surface area contributed by atoms with Gasteiger partial charge in [0.05, 0.1) is 5.69 Å². The van der Waals surface area contributed by atoms with Gasteiger partial charge in [-0.2, -0.15) is 16.9 Å². The summed E-state index contributed by atoms with van der Waals surface area (Å²) in [6.07, 6.45) is 3.21. The maximum absolute atomic E-state index is 6.07. The van der Waals surface area contributed by atoms with Crippen molar-refractivity contribution in [3.63, 3.8) is 0 Å². The molecule has 2 N–H and O–H groups in total. The molecule has 0 fully saturated rings. The van der Waals surface area contributed by atoms with Crippen molar-refractivity contribution in [3.05, 3.63) is 5.69 Å². The Bertz CT molecular complexity index is 542. The molecule has 0 saturated heterocycles. The van der Waals surface area contributed by atoms with E-state index >= 15 is 0 Å². The lowest BCUT2D eigenvalue weighted by Gasteiger charge is -2.15. The number of aromatic nitrogens is 4. The molecule has 1 unspecified atom stereocenters. The highest BCUT2D eigenvalue weighted by atomic mass is 32.2. The van der Waals surface area contributed by atoms with Gasteiger partial charge in [0.15, 0.2) is 5.65 Å². The van der Waals surface area contributed by atoms with E-state index in [4.69, 9.17) is 5.73 Å². The summed E-state index contributed by atoms with van der Waals surface area (Å²) in [4.78, 5) is 4.46. The summed E-state index contributed by atoms with van der Waals surface area (Å²) in [5.41, 5.74) is 9.01. The number of nitrogen functional groups attached to an aromatic ring is 1. The summed E-state index contributed by atoms with van der Waals surface area (Å²) in [6, 6.07) is 0.351. The highest BCUT2D eigenvalue weighted by molar-refractivity contribution is 7.98. The topological polar surface area (TPSA) is 61.7 Å². The number of hydrogen-bond acceptors (Lipinski definition) is 4. The minimum Gasteiger partial charge on any atom is -0.369 e. The fourth-order valence-electron chi connectivity index (χ4n) is 2.28. The third-order valence-corrected chi connectivity index (χ3v) is 3.90. The molecule has 2 rings (SSSR count). The van der Waals surface area contributed by atoms with Crippen LogP contribution in [0.15, 0.2) is 0 Å². The van der Waals surface area contributed by atoms with E-state index in [9.17, 15) is 0 Å². The second-order valence-electron chi connectivity index (χ2n) is 4.54. The minimum atomic E-state index is 0.351. The fraction of sp³-hybridized carbons (Fsp3) is 0.667. The summed E-state index contributed by atoms with van der Waals surface area (Å²) in [7, 11) is 0. The molecule has 6 heteroatoms. The van der Waals surface area contributed by atoms with E-state index < -0.39 is 0 Å². The van der Waals surface area contributed by atoms with Crippen molar-refractivity contribution in [2.75, 3.05) is 17.7 Å². The van der Waals surface area contributed by atoms with Crippen molar-refractivity contribution in [1.29, 1.82) is 0 Å². The molecule has 0 spiro atoms. The Morgan fingerprint density at radius 1 is 1.44 bits per heavy atom. The SMILES string of the molecule is CCn1nc(C)c2nc(N)n(C(C)CCSC)c21. The molecule has 0 aromatic carbocycles. The van der Waals surface area contributed by atoms with E-state index in [1.165, 1.54) is 0 Å². The highest BCUT2D eigenvalue weighted by Crippen LogP contribution is 2.27. The largest absolute Gasteiger partial charge is 0.369 e. The predicted molar refractivity (Wildman–Crippen MR) is 78.1 cm³/mol. The quantitative estimate of drug-likeness (QED) is 0.904. The Morgan fingerprint density at radius 2 is 2.17 bits per heavy atom. The molecule has 0 radical (unpaired) electrons. The van der Waals surface area contributed by atoms with Crippen molar-refractivity contribution >= 4 is 28.9 Å². The molecule has 18 heavy (non-hydrogen) atoms. The highest BCUT2D eigenvalue weighted by Gasteiger charge is 2.19. The molecule has 1 atom stereocenters. The Labute approximate surface area is 112 Å². The lowest BCUT2D eigenvalue weighted by Crippen LogP contribution is -2.13. The third kappa shape index (κ3) is 2.09. The summed E-state index contributed by atoms with van der Waals surface area (Å²) < 4.78 is 4.11. The van der Waals surface area contributed by atoms with Crippen LogP contribution >= 0.6 is 11.8 Å². The lowest BCUT2D eigenvalue weighted by atomic mass is 10.2. The van der Waals surface area contributed by atoms with E-state index in [1.807, 2.05) is 23.4 Å². The van der Waals surface area contributed by atoms with Crippen LogP contribution in [-0.4, -0.2) is 31.3 Å². The first-order valence-corrected chi connectivity index (χ1v) is 7.69. The fourth-order valence-corrected chi connectivity index (χ4v) is 2.86. The van der Waals surface area contributed by atoms with Gasteiger partial charge in [0.1, 0.15) is 5.52 Å². The third-order valence-electron chi connectivity index (χ3n) is 3.25. The monoisotopic (exact) mass is 267 g/mol. The first-order chi connectivity index (χ1) is 8.60. The molecule has 2 aromatic rings. The molecule has 0 aliphatic carbocycles. The zero-order valence-electron chi connectivity index (χ0n) is 11.5. The lowest BCUT2D eigenvalue weighted by molar-refractivity contribution is 0.534. The molecule has 0 aliphatic heterocycles. The van der Waals surface area contributed by atoms with Crippen LogP contribution in [0.5, 0.6) is 0 Å². The van der Waals surface area contributed by atoms with Gasteiger partial charge in [0.2, 0.25) is 5.95 Å². The van der Waals surface area contributed by atoms with Gasteiger partial charge in [-0.05, 0) is 39.2 Å². The van der Waals surface area contributed by atoms with E-state index in [-0.39, 0.29) is 0 Å². The van der Waals surface area contributed by atoms with E-state index in [2.05, 4.69) is 34.8 Å². The van der Waals surface area contributed by atoms with Gasteiger partial charge in [0, 0.05) is 12.6 Å². The van der Waals surface area contributed by atoms with Gasteiger partial charge in [-0.1, -0.05) is 0 Å². The van der Waals surface area contributed by atoms with E-state index in [1.54, 1.807) is 0 Å². The number of imidazole rings is 1. The van der Waals surface area contributed by atoms with Gasteiger partial charge < -0.3 is 5.73 Å². The van der Waals surface area contributed by atoms with Gasteiger partial charge in [-0.3, -0.25) is 4.57 Å². The van der Waals surface area contributed by atoms with Crippen LogP contribution in [0.4, 0.5) is 5.95 Å². The summed E-state index contributed by atoms with van der Waals surface area (Å²) in [5, 5.41) is 4.51. The van der Waals surface area contributed by atoms with Crippen LogP contribution in [0.1, 0.15) is 32.0 Å². The van der Waals surface area contributed by atoms with Crippen LogP contribution in [0.25, 0.3) is 11.2 Å². The molecular weight excluding hydrogens is 246 g/mol. The zero-order chi connectivity index (χ0) is 13.3. The van der Waals surface area contributed by atoms with E-state index in [0.29, 0.717) is 12.0 Å². The number of hydrogen-bond donors (Lipinski definition) is 1. The van der Waals surface area contributed by atoms with Crippen LogP contribution in [0.3, 0.4) is 0 Å². The standard InChI is InChI=1S/C12H21N5S/c1-5-16-11-10(9(3)15-16)14-12(13)17(11)8(2)6-7-18-4/h8H,5-7H2,1-4H3,(H2,13,14). The van der Waals surface area contributed by atoms with Crippen molar-refractivity contribution in [2.24, 2.45) is 0 Å². The maximum atomic E-state index is 6.07. The first kappa shape index (κ1) is 13.3. The summed E-state index contributed by atoms with van der Waals surface area (Å²) >= 11 is 1.86. The number of anilines is 1. The Kier molecular flexibility index (Phi) is 3.85. The average molecular weight is 267 g/mol. The molecule has 5 nitrogen and oxygen atoms in total. The maximum Gasteiger partial charge on any atom is 0.202 e. The van der Waals surface area contributed by atoms with E-state index in [0.717, 1.165) is 35.6 Å². The Balaban J connectivity index is 2.51. The normalized spacial score (nSPS) is 13.3. The first-order valence-electron chi connectivity index (χ1n) is 6.29. The number of rotatable bonds is 5. The number of aryl methyl sites for hydroxylation is 2. The Morgan fingerprint density at radius 3 is 2.78 bits per heavy atom. The molecule has 100 valence electrons. The van der Waals surface area contributed by atoms with Gasteiger partial charge in [0.25, 0.3) is 0 Å². The number of fused-ring (bicyclic) bond motifs is 1. The van der Waals surface area contributed by atoms with Gasteiger partial charge in [-0.25, -0.2) is 9.67 Å². The molecule has 2 heterocycles. The van der Waals surface area contributed by atoms with Gasteiger partial charge in [-0.15, -0.1) is 0 Å². The average Bonchev–Trinajstić information content (AvgIpc) is 2.83. The summed E-state index contributed by atoms with van der Waals surface area (Å²) in [5.74, 6) is 1.72. The number of thioether (sulfide) groups is 1. The molecule has 0 aliphatic rings. The van der Waals surface area contributed by atoms with Crippen molar-refractivity contribution < 1.29 is 0 Å². The predicted octanol–water partition coefficient (Wildman–Crippen LogP) is 2.46. The van der Waals surface area contributed by atoms with Gasteiger partial charge >= 0.3 is 0 Å². The van der Waals surface area contributed by atoms with Crippen molar-refractivity contribution in [2.45, 2.75) is 39.8 Å². The molecule has 0 amide bonds. The van der Waals surface area contributed by atoms with Crippen LogP contribution in [0, 0.1) is 6.92 Å². The van der Waals surface area contributed by atoms with Crippen LogP contribution in [0.2, 0.25) is 0 Å². The molecular formula is C12H21N5S. The Hall–Kier alpha value is -1.17. The summed E-state index contributed by atoms with van der Waals surface area (Å²) in [6.45, 7) is 7.10. The van der Waals surface area contributed by atoms with Crippen LogP contribution in [-0.2, 0) is 6.54 Å². The molecule has 0 bridgehead atoms. The molecule has 2 aromatic heterocycles. The minimum absolute atomic E-state index is 0.351. The molecule has 0 saturated carbocycles. The number of nitrogens with two attached hydrogens (primary N) is 1. The van der Waals surface area contributed by atoms with Crippen molar-refractivity contribution in [1.82, 2.24) is 19.3 Å². The van der Waals surface area contributed by atoms with Crippen molar-refractivity contribution in [3.8, 4) is 0 Å². The smallest absolute Gasteiger partial charge is 0.202 e. The second-order valence-corrected chi connectivity index (χ2v) is 5.53.